The maximum absolute atomic E-state index is 12.4. The summed E-state index contributed by atoms with van der Waals surface area (Å²) in [5.41, 5.74) is 5.74. The number of methoxy groups -OCH3 is 1. The Hall–Kier alpha value is -0.320. The molecule has 4 nitrogen and oxygen atoms in total. The fraction of sp³-hybridized carbons (Fsp3) is 0.923. The molecule has 0 aromatic heterocycles. The Morgan fingerprint density at radius 3 is 2.83 bits per heavy atom. The summed E-state index contributed by atoms with van der Waals surface area (Å²) in [5.74, 6) is 1.49. The highest BCUT2D eigenvalue weighted by molar-refractivity contribution is 5.85. The third-order valence-corrected chi connectivity index (χ3v) is 4.28. The van der Waals surface area contributed by atoms with Crippen molar-refractivity contribution < 1.29 is 9.53 Å². The van der Waals surface area contributed by atoms with Crippen LogP contribution in [0.1, 0.15) is 25.7 Å². The molecule has 18 heavy (non-hydrogen) atoms. The van der Waals surface area contributed by atoms with Crippen molar-refractivity contribution >= 4 is 18.3 Å². The van der Waals surface area contributed by atoms with Crippen molar-refractivity contribution in [3.8, 4) is 0 Å². The maximum Gasteiger partial charge on any atom is 0.226 e. The van der Waals surface area contributed by atoms with E-state index in [4.69, 9.17) is 10.5 Å². The minimum atomic E-state index is 0. The van der Waals surface area contributed by atoms with Crippen LogP contribution in [0.25, 0.3) is 0 Å². The largest absolute Gasteiger partial charge is 0.384 e. The van der Waals surface area contributed by atoms with Crippen molar-refractivity contribution in [1.82, 2.24) is 4.90 Å². The molecule has 0 radical (unpaired) electrons. The first-order valence-corrected chi connectivity index (χ1v) is 6.74. The number of nitrogens with zero attached hydrogens (tertiary/aromatic N) is 1. The molecule has 1 heterocycles. The first-order chi connectivity index (χ1) is 8.26. The number of hydrogen-bond acceptors (Lipinski definition) is 3. The van der Waals surface area contributed by atoms with Gasteiger partial charge in [-0.05, 0) is 31.7 Å². The Balaban J connectivity index is 0.00000162. The van der Waals surface area contributed by atoms with Crippen LogP contribution in [0.15, 0.2) is 0 Å². The maximum atomic E-state index is 12.4. The molecule has 1 aliphatic carbocycles. The van der Waals surface area contributed by atoms with Crippen molar-refractivity contribution in [2.45, 2.75) is 25.7 Å². The Labute approximate surface area is 116 Å². The fourth-order valence-electron chi connectivity index (χ4n) is 3.28. The molecule has 0 aromatic rings. The van der Waals surface area contributed by atoms with Gasteiger partial charge in [0.25, 0.3) is 0 Å². The molecule has 1 saturated heterocycles. The summed E-state index contributed by atoms with van der Waals surface area (Å²) in [7, 11) is 1.73. The molecule has 0 bridgehead atoms. The molecule has 0 aromatic carbocycles. The molecular weight excluding hydrogens is 252 g/mol. The lowest BCUT2D eigenvalue weighted by molar-refractivity contribution is -0.135. The Kier molecular flexibility index (Phi) is 6.39. The normalized spacial score (nSPS) is 31.4. The molecule has 1 amide bonds. The molecule has 1 unspecified atom stereocenters. The van der Waals surface area contributed by atoms with Crippen LogP contribution >= 0.6 is 12.4 Å². The Morgan fingerprint density at radius 2 is 2.17 bits per heavy atom. The smallest absolute Gasteiger partial charge is 0.226 e. The first-order valence-electron chi connectivity index (χ1n) is 6.74. The molecular formula is C13H25ClN2O2. The van der Waals surface area contributed by atoms with E-state index in [-0.39, 0.29) is 18.3 Å². The summed E-state index contributed by atoms with van der Waals surface area (Å²) in [5, 5.41) is 0. The second kappa shape index (κ2) is 7.31. The zero-order valence-corrected chi connectivity index (χ0v) is 12.0. The summed E-state index contributed by atoms with van der Waals surface area (Å²) in [4.78, 5) is 14.4. The molecule has 0 spiro atoms. The van der Waals surface area contributed by atoms with Crippen molar-refractivity contribution in [1.29, 1.82) is 0 Å². The predicted molar refractivity (Wildman–Crippen MR) is 73.7 cm³/mol. The van der Waals surface area contributed by atoms with Crippen molar-refractivity contribution in [3.05, 3.63) is 0 Å². The highest BCUT2D eigenvalue weighted by Crippen LogP contribution is 2.33. The van der Waals surface area contributed by atoms with Crippen LogP contribution in [0, 0.1) is 17.8 Å². The van der Waals surface area contributed by atoms with E-state index in [2.05, 4.69) is 0 Å². The number of carbonyl (C=O) groups excluding carboxylic acids is 1. The second-order valence-electron chi connectivity index (χ2n) is 5.43. The number of carbonyl (C=O) groups is 1. The van der Waals surface area contributed by atoms with E-state index in [0.29, 0.717) is 24.3 Å². The van der Waals surface area contributed by atoms with Gasteiger partial charge in [-0.15, -0.1) is 12.4 Å². The number of amides is 1. The molecule has 1 aliphatic heterocycles. The molecule has 2 rings (SSSR count). The molecule has 2 aliphatic rings. The Bertz CT molecular complexity index is 276. The average Bonchev–Trinajstić information content (AvgIpc) is 2.96. The standard InChI is InChI=1S/C13H24N2O2.ClH/c1-17-9-10-5-6-15(8-10)13(16)12-4-2-3-11(12)7-14;/h10-12H,2-9,14H2,1H3;1H/t10?,11-,12-;/m1./s1. The second-order valence-corrected chi connectivity index (χ2v) is 5.43. The van der Waals surface area contributed by atoms with Crippen LogP contribution in [-0.4, -0.2) is 44.2 Å². The summed E-state index contributed by atoms with van der Waals surface area (Å²) >= 11 is 0. The van der Waals surface area contributed by atoms with Gasteiger partial charge in [0.2, 0.25) is 5.91 Å². The lowest BCUT2D eigenvalue weighted by atomic mass is 9.95. The zero-order valence-electron chi connectivity index (χ0n) is 11.1. The van der Waals surface area contributed by atoms with E-state index in [1.807, 2.05) is 4.90 Å². The van der Waals surface area contributed by atoms with Crippen LogP contribution < -0.4 is 5.73 Å². The monoisotopic (exact) mass is 276 g/mol. The van der Waals surface area contributed by atoms with Gasteiger partial charge in [-0.1, -0.05) is 6.42 Å². The molecule has 3 atom stereocenters. The number of rotatable bonds is 4. The number of ether oxygens (including phenoxy) is 1. The van der Waals surface area contributed by atoms with E-state index in [1.165, 1.54) is 0 Å². The van der Waals surface area contributed by atoms with Gasteiger partial charge >= 0.3 is 0 Å². The number of hydrogen-bond donors (Lipinski definition) is 1. The summed E-state index contributed by atoms with van der Waals surface area (Å²) in [6.45, 7) is 3.21. The zero-order chi connectivity index (χ0) is 12.3. The van der Waals surface area contributed by atoms with Gasteiger partial charge in [0.15, 0.2) is 0 Å². The summed E-state index contributed by atoms with van der Waals surface area (Å²) < 4.78 is 5.16. The van der Waals surface area contributed by atoms with E-state index in [1.54, 1.807) is 7.11 Å². The minimum absolute atomic E-state index is 0. The summed E-state index contributed by atoms with van der Waals surface area (Å²) in [6.07, 6.45) is 4.40. The fourth-order valence-corrected chi connectivity index (χ4v) is 3.28. The van der Waals surface area contributed by atoms with Crippen LogP contribution in [0.4, 0.5) is 0 Å². The van der Waals surface area contributed by atoms with Gasteiger partial charge in [-0.2, -0.15) is 0 Å². The molecule has 2 fully saturated rings. The number of halogens is 1. The number of nitrogens with two attached hydrogens (primary N) is 1. The van der Waals surface area contributed by atoms with E-state index >= 15 is 0 Å². The van der Waals surface area contributed by atoms with Crippen molar-refractivity contribution in [3.63, 3.8) is 0 Å². The van der Waals surface area contributed by atoms with Gasteiger partial charge < -0.3 is 15.4 Å². The van der Waals surface area contributed by atoms with E-state index < -0.39 is 0 Å². The first kappa shape index (κ1) is 15.7. The lowest BCUT2D eigenvalue weighted by Gasteiger charge is -2.24. The SMILES string of the molecule is COCC1CCN(C(=O)[C@@H]2CCC[C@@H]2CN)C1.Cl. The van der Waals surface area contributed by atoms with Gasteiger partial charge in [-0.25, -0.2) is 0 Å². The van der Waals surface area contributed by atoms with Crippen LogP contribution in [0.5, 0.6) is 0 Å². The molecule has 106 valence electrons. The molecule has 1 saturated carbocycles. The van der Waals surface area contributed by atoms with Crippen LogP contribution in [-0.2, 0) is 9.53 Å². The minimum Gasteiger partial charge on any atom is -0.384 e. The van der Waals surface area contributed by atoms with Gasteiger partial charge in [-0.3, -0.25) is 4.79 Å². The summed E-state index contributed by atoms with van der Waals surface area (Å²) in [6, 6.07) is 0. The quantitative estimate of drug-likeness (QED) is 0.842. The third-order valence-electron chi connectivity index (χ3n) is 4.28. The number of likely N-dealkylation sites (tertiary alicyclic amines) is 1. The Morgan fingerprint density at radius 1 is 1.39 bits per heavy atom. The lowest BCUT2D eigenvalue weighted by Crippen LogP contribution is -2.37. The highest BCUT2D eigenvalue weighted by atomic mass is 35.5. The van der Waals surface area contributed by atoms with Crippen LogP contribution in [0.2, 0.25) is 0 Å². The van der Waals surface area contributed by atoms with E-state index in [0.717, 1.165) is 45.4 Å². The van der Waals surface area contributed by atoms with Gasteiger partial charge in [0.05, 0.1) is 6.61 Å². The topological polar surface area (TPSA) is 55.6 Å². The van der Waals surface area contributed by atoms with Crippen molar-refractivity contribution in [2.75, 3.05) is 33.4 Å². The van der Waals surface area contributed by atoms with Gasteiger partial charge in [0, 0.05) is 32.0 Å². The predicted octanol–water partition coefficient (Wildman–Crippen LogP) is 1.28. The van der Waals surface area contributed by atoms with Crippen LogP contribution in [0.3, 0.4) is 0 Å². The molecule has 5 heteroatoms. The average molecular weight is 277 g/mol. The van der Waals surface area contributed by atoms with Gasteiger partial charge in [0.1, 0.15) is 0 Å². The third kappa shape index (κ3) is 3.37. The highest BCUT2D eigenvalue weighted by Gasteiger charge is 2.37. The molecule has 2 N–H and O–H groups in total. The van der Waals surface area contributed by atoms with E-state index in [9.17, 15) is 4.79 Å². The van der Waals surface area contributed by atoms with Crippen molar-refractivity contribution in [2.24, 2.45) is 23.5 Å².